The van der Waals surface area contributed by atoms with Crippen LogP contribution in [0.5, 0.6) is 0 Å². The summed E-state index contributed by atoms with van der Waals surface area (Å²) < 4.78 is 27.0. The third-order valence-corrected chi connectivity index (χ3v) is 5.08. The minimum Gasteiger partial charge on any atom is -0.332 e. The van der Waals surface area contributed by atoms with E-state index in [0.29, 0.717) is 5.56 Å². The van der Waals surface area contributed by atoms with E-state index in [1.807, 2.05) is 6.07 Å². The molecule has 2 aliphatic rings. The minimum atomic E-state index is -2.64. The molecule has 0 saturated carbocycles. The third kappa shape index (κ3) is 1.99. The van der Waals surface area contributed by atoms with Gasteiger partial charge in [0.05, 0.1) is 11.6 Å². The molecule has 0 aliphatic carbocycles. The highest BCUT2D eigenvalue weighted by Crippen LogP contribution is 2.52. The largest absolute Gasteiger partial charge is 0.332 e. The van der Waals surface area contributed by atoms with Crippen molar-refractivity contribution in [2.24, 2.45) is 5.41 Å². The lowest BCUT2D eigenvalue weighted by Gasteiger charge is -2.29. The molecule has 0 unspecified atom stereocenters. The van der Waals surface area contributed by atoms with Gasteiger partial charge >= 0.3 is 0 Å². The zero-order chi connectivity index (χ0) is 15.9. The maximum absolute atomic E-state index is 13.5. The van der Waals surface area contributed by atoms with E-state index in [0.717, 1.165) is 18.4 Å². The van der Waals surface area contributed by atoms with Gasteiger partial charge in [-0.2, -0.15) is 5.26 Å². The van der Waals surface area contributed by atoms with E-state index in [9.17, 15) is 13.6 Å². The molecule has 116 valence electrons. The topological polar surface area (TPSA) is 57.0 Å². The number of nitrogens with zero attached hydrogens (tertiary/aromatic N) is 3. The Labute approximate surface area is 127 Å². The van der Waals surface area contributed by atoms with Crippen LogP contribution in [-0.2, 0) is 4.79 Å². The number of aromatic nitrogens is 1. The molecule has 0 radical (unpaired) electrons. The number of alkyl halides is 2. The van der Waals surface area contributed by atoms with Crippen molar-refractivity contribution in [3.63, 3.8) is 0 Å². The van der Waals surface area contributed by atoms with Crippen LogP contribution in [0.1, 0.15) is 49.8 Å². The maximum Gasteiger partial charge on any atom is 0.252 e. The summed E-state index contributed by atoms with van der Waals surface area (Å²) in [6.45, 7) is 1.65. The molecule has 22 heavy (non-hydrogen) atoms. The predicted molar refractivity (Wildman–Crippen MR) is 74.9 cm³/mol. The average molecular weight is 305 g/mol. The van der Waals surface area contributed by atoms with E-state index in [4.69, 9.17) is 5.26 Å². The summed E-state index contributed by atoms with van der Waals surface area (Å²) >= 11 is 0. The van der Waals surface area contributed by atoms with Crippen LogP contribution >= 0.6 is 0 Å². The van der Waals surface area contributed by atoms with Crippen molar-refractivity contribution in [3.8, 4) is 6.07 Å². The average Bonchev–Trinajstić information content (AvgIpc) is 3.06. The number of rotatable bonds is 3. The Morgan fingerprint density at radius 3 is 2.91 bits per heavy atom. The Bertz CT molecular complexity index is 643. The van der Waals surface area contributed by atoms with Crippen molar-refractivity contribution >= 4 is 5.91 Å². The Morgan fingerprint density at radius 2 is 2.27 bits per heavy atom. The molecule has 0 N–H and O–H groups in total. The molecule has 1 aromatic heterocycles. The molecular weight excluding hydrogens is 288 g/mol. The lowest BCUT2D eigenvalue weighted by Crippen LogP contribution is -2.40. The number of fused-ring (bicyclic) bond motifs is 1. The van der Waals surface area contributed by atoms with Gasteiger partial charge in [-0.1, -0.05) is 6.92 Å². The second-order valence-corrected chi connectivity index (χ2v) is 6.09. The number of carbonyl (C=O) groups is 1. The first kappa shape index (κ1) is 14.9. The van der Waals surface area contributed by atoms with Crippen molar-refractivity contribution in [1.82, 2.24) is 9.88 Å². The fourth-order valence-corrected chi connectivity index (χ4v) is 3.82. The van der Waals surface area contributed by atoms with Crippen LogP contribution in [-0.4, -0.2) is 28.3 Å². The van der Waals surface area contributed by atoms with E-state index in [2.05, 4.69) is 4.98 Å². The van der Waals surface area contributed by atoms with E-state index in [-0.39, 0.29) is 24.9 Å². The molecule has 2 saturated heterocycles. The molecular formula is C16H17F2N3O. The second-order valence-electron chi connectivity index (χ2n) is 6.09. The Morgan fingerprint density at radius 1 is 1.50 bits per heavy atom. The Hall–Kier alpha value is -2.03. The highest BCUT2D eigenvalue weighted by Gasteiger charge is 2.59. The number of hydrogen-bond donors (Lipinski definition) is 0. The minimum absolute atomic E-state index is 0.128. The van der Waals surface area contributed by atoms with Gasteiger partial charge in [-0.3, -0.25) is 9.78 Å². The van der Waals surface area contributed by atoms with Crippen LogP contribution < -0.4 is 0 Å². The molecule has 0 bridgehead atoms. The first-order chi connectivity index (χ1) is 10.5. The molecule has 0 aromatic carbocycles. The van der Waals surface area contributed by atoms with Gasteiger partial charge in [-0.25, -0.2) is 8.78 Å². The number of hydrogen-bond acceptors (Lipinski definition) is 3. The van der Waals surface area contributed by atoms with E-state index >= 15 is 0 Å². The Kier molecular flexibility index (Phi) is 3.59. The molecule has 1 aromatic rings. The monoisotopic (exact) mass is 305 g/mol. The van der Waals surface area contributed by atoms with Crippen LogP contribution in [0.2, 0.25) is 0 Å². The van der Waals surface area contributed by atoms with Gasteiger partial charge in [-0.15, -0.1) is 0 Å². The van der Waals surface area contributed by atoms with Crippen LogP contribution in [0, 0.1) is 16.7 Å². The summed E-state index contributed by atoms with van der Waals surface area (Å²) in [5.74, 6) is -0.445. The van der Waals surface area contributed by atoms with Crippen molar-refractivity contribution in [1.29, 1.82) is 5.26 Å². The number of amides is 1. The maximum atomic E-state index is 13.5. The molecule has 6 heteroatoms. The molecule has 3 heterocycles. The molecule has 4 nitrogen and oxygen atoms in total. The first-order valence-electron chi connectivity index (χ1n) is 7.49. The first-order valence-corrected chi connectivity index (χ1v) is 7.49. The summed E-state index contributed by atoms with van der Waals surface area (Å²) in [4.78, 5) is 18.3. The highest BCUT2D eigenvalue weighted by molar-refractivity contribution is 5.86. The smallest absolute Gasteiger partial charge is 0.252 e. The summed E-state index contributed by atoms with van der Waals surface area (Å²) in [6.07, 6.45) is 2.27. The SMILES string of the molecule is CC[C@]1(C(F)F)C[C@H]2CC[C@@H](c3cncc(C#N)c3)N2C1=O. The van der Waals surface area contributed by atoms with E-state index in [1.54, 1.807) is 24.1 Å². The van der Waals surface area contributed by atoms with Crippen molar-refractivity contribution in [2.45, 2.75) is 51.1 Å². The van der Waals surface area contributed by atoms with Gasteiger partial charge in [0.15, 0.2) is 0 Å². The number of nitriles is 1. The van der Waals surface area contributed by atoms with E-state index < -0.39 is 17.7 Å². The van der Waals surface area contributed by atoms with Crippen LogP contribution in [0.15, 0.2) is 18.5 Å². The molecule has 1 amide bonds. The Balaban J connectivity index is 1.95. The quantitative estimate of drug-likeness (QED) is 0.862. The molecule has 0 spiro atoms. The zero-order valence-corrected chi connectivity index (χ0v) is 12.3. The second kappa shape index (κ2) is 5.31. The third-order valence-electron chi connectivity index (χ3n) is 5.08. The summed E-state index contributed by atoms with van der Waals surface area (Å²) in [5.41, 5.74) is -0.358. The van der Waals surface area contributed by atoms with Crippen molar-refractivity contribution in [3.05, 3.63) is 29.6 Å². The summed E-state index contributed by atoms with van der Waals surface area (Å²) in [6, 6.07) is 3.34. The zero-order valence-electron chi connectivity index (χ0n) is 12.3. The van der Waals surface area contributed by atoms with Crippen LogP contribution in [0.25, 0.3) is 0 Å². The lowest BCUT2D eigenvalue weighted by atomic mass is 9.81. The number of pyridine rings is 1. The lowest BCUT2D eigenvalue weighted by molar-refractivity contribution is -0.146. The van der Waals surface area contributed by atoms with Gasteiger partial charge in [0, 0.05) is 18.4 Å². The summed E-state index contributed by atoms with van der Waals surface area (Å²) in [5, 5.41) is 8.97. The van der Waals surface area contributed by atoms with Crippen LogP contribution in [0.4, 0.5) is 8.78 Å². The standard InChI is InChI=1S/C16H17F2N3O/c1-2-16(14(17)18)6-12-3-4-13(21(12)15(16)22)11-5-10(7-19)8-20-9-11/h5,8-9,12-14H,2-4,6H2,1H3/t12-,13+,16-/m1/s1. The van der Waals surface area contributed by atoms with Gasteiger partial charge in [0.1, 0.15) is 11.5 Å². The van der Waals surface area contributed by atoms with Gasteiger partial charge in [0.25, 0.3) is 6.43 Å². The van der Waals surface area contributed by atoms with Gasteiger partial charge < -0.3 is 4.90 Å². The summed E-state index contributed by atoms with van der Waals surface area (Å²) in [7, 11) is 0. The number of carbonyl (C=O) groups excluding carboxylic acids is 1. The van der Waals surface area contributed by atoms with Gasteiger partial charge in [-0.05, 0) is 37.3 Å². The van der Waals surface area contributed by atoms with E-state index in [1.165, 1.54) is 6.20 Å². The fraction of sp³-hybridized carbons (Fsp3) is 0.562. The predicted octanol–water partition coefficient (Wildman–Crippen LogP) is 3.05. The number of halogens is 2. The normalized spacial score (nSPS) is 30.7. The van der Waals surface area contributed by atoms with Crippen molar-refractivity contribution in [2.75, 3.05) is 0 Å². The van der Waals surface area contributed by atoms with Gasteiger partial charge in [0.2, 0.25) is 5.91 Å². The molecule has 3 rings (SSSR count). The molecule has 2 fully saturated rings. The van der Waals surface area contributed by atoms with Crippen LogP contribution in [0.3, 0.4) is 0 Å². The molecule has 2 aliphatic heterocycles. The fourth-order valence-electron chi connectivity index (χ4n) is 3.82. The molecule has 3 atom stereocenters. The van der Waals surface area contributed by atoms with Crippen molar-refractivity contribution < 1.29 is 13.6 Å². The highest BCUT2D eigenvalue weighted by atomic mass is 19.3.